The van der Waals surface area contributed by atoms with Crippen LogP contribution in [0.25, 0.3) is 22.2 Å². The van der Waals surface area contributed by atoms with E-state index in [0.717, 1.165) is 49.6 Å². The SMILES string of the molecule is CN(c1ccc(S(=O)(=O)NC(=O)c2ccc(C3=CCN(CC4=C(c5ccc(Cl)cc5)CC(C)(C)CC4)CC3)cc2Oc2cnc3[nH]cc(F)c3c2)cc1[N+](=O)[O-])C1CCOCC1. The summed E-state index contributed by atoms with van der Waals surface area (Å²) in [6.45, 7) is 7.97. The zero-order chi connectivity index (χ0) is 43.8. The molecule has 0 spiro atoms. The number of halogens is 2. The van der Waals surface area contributed by atoms with E-state index in [9.17, 15) is 27.7 Å². The number of nitrogens with one attached hydrogen (secondary N) is 2. The average Bonchev–Trinajstić information content (AvgIpc) is 3.63. The van der Waals surface area contributed by atoms with E-state index >= 15 is 0 Å². The van der Waals surface area contributed by atoms with Gasteiger partial charge in [-0.25, -0.2) is 22.5 Å². The van der Waals surface area contributed by atoms with E-state index in [1.165, 1.54) is 53.4 Å². The van der Waals surface area contributed by atoms with Crippen LogP contribution in [0.5, 0.6) is 11.5 Å². The second-order valence-electron chi connectivity index (χ2n) is 17.0. The number of aromatic nitrogens is 2. The fourth-order valence-corrected chi connectivity index (χ4v) is 9.71. The van der Waals surface area contributed by atoms with Crippen LogP contribution in [-0.4, -0.2) is 80.1 Å². The van der Waals surface area contributed by atoms with Crippen LogP contribution in [0, 0.1) is 21.3 Å². The minimum atomic E-state index is -4.62. The predicted molar refractivity (Wildman–Crippen MR) is 238 cm³/mol. The summed E-state index contributed by atoms with van der Waals surface area (Å²) >= 11 is 6.23. The number of hydrogen-bond donors (Lipinski definition) is 2. The van der Waals surface area contributed by atoms with Crippen molar-refractivity contribution in [3.63, 3.8) is 0 Å². The molecule has 1 fully saturated rings. The Morgan fingerprint density at radius 2 is 1.85 bits per heavy atom. The van der Waals surface area contributed by atoms with Crippen LogP contribution < -0.4 is 14.4 Å². The first-order valence-electron chi connectivity index (χ1n) is 20.6. The Hall–Kier alpha value is -5.61. The molecule has 2 aliphatic heterocycles. The number of amides is 1. The Balaban J connectivity index is 1.06. The number of sulfonamides is 1. The van der Waals surface area contributed by atoms with Crippen LogP contribution in [0.4, 0.5) is 15.8 Å². The molecular formula is C46H48ClFN6O7S. The maximum absolute atomic E-state index is 14.6. The van der Waals surface area contributed by atoms with E-state index < -0.39 is 37.3 Å². The summed E-state index contributed by atoms with van der Waals surface area (Å²) < 4.78 is 55.8. The number of nitro groups is 1. The van der Waals surface area contributed by atoms with Crippen molar-refractivity contribution in [1.29, 1.82) is 0 Å². The van der Waals surface area contributed by atoms with Gasteiger partial charge in [-0.1, -0.05) is 55.3 Å². The number of ether oxygens (including phenoxy) is 2. The molecule has 5 aromatic rings. The Labute approximate surface area is 364 Å². The number of H-pyrrole nitrogens is 1. The van der Waals surface area contributed by atoms with Crippen molar-refractivity contribution in [2.75, 3.05) is 44.8 Å². The molecule has 13 nitrogen and oxygen atoms in total. The van der Waals surface area contributed by atoms with Gasteiger partial charge in [0.25, 0.3) is 21.6 Å². The first kappa shape index (κ1) is 43.1. The largest absolute Gasteiger partial charge is 0.455 e. The van der Waals surface area contributed by atoms with Crippen molar-refractivity contribution in [2.24, 2.45) is 5.41 Å². The van der Waals surface area contributed by atoms with Gasteiger partial charge in [-0.2, -0.15) is 0 Å². The molecule has 2 N–H and O–H groups in total. The smallest absolute Gasteiger partial charge is 0.293 e. The van der Waals surface area contributed by atoms with E-state index in [1.807, 2.05) is 12.1 Å². The second-order valence-corrected chi connectivity index (χ2v) is 19.1. The monoisotopic (exact) mass is 882 g/mol. The first-order chi connectivity index (χ1) is 29.6. The van der Waals surface area contributed by atoms with Crippen molar-refractivity contribution in [1.82, 2.24) is 19.6 Å². The lowest BCUT2D eigenvalue weighted by atomic mass is 9.72. The molecule has 16 heteroatoms. The predicted octanol–water partition coefficient (Wildman–Crippen LogP) is 9.54. The van der Waals surface area contributed by atoms with Crippen molar-refractivity contribution in [3.05, 3.63) is 128 Å². The highest BCUT2D eigenvalue weighted by Crippen LogP contribution is 2.44. The highest BCUT2D eigenvalue weighted by atomic mass is 35.5. The maximum Gasteiger partial charge on any atom is 0.293 e. The number of pyridine rings is 1. The molecule has 3 aromatic carbocycles. The van der Waals surface area contributed by atoms with Gasteiger partial charge in [-0.05, 0) is 109 Å². The summed E-state index contributed by atoms with van der Waals surface area (Å²) in [5.74, 6) is -1.44. The highest BCUT2D eigenvalue weighted by molar-refractivity contribution is 7.90. The van der Waals surface area contributed by atoms with Crippen molar-refractivity contribution in [2.45, 2.75) is 63.3 Å². The molecule has 1 amide bonds. The number of anilines is 1. The van der Waals surface area contributed by atoms with Gasteiger partial charge in [0.2, 0.25) is 0 Å². The van der Waals surface area contributed by atoms with Crippen molar-refractivity contribution >= 4 is 61.1 Å². The summed E-state index contributed by atoms with van der Waals surface area (Å²) in [4.78, 5) is 36.2. The molecule has 0 saturated carbocycles. The molecule has 2 aromatic heterocycles. The van der Waals surface area contributed by atoms with Crippen LogP contribution in [0.2, 0.25) is 5.02 Å². The number of fused-ring (bicyclic) bond motifs is 1. The number of hydrogen-bond acceptors (Lipinski definition) is 10. The van der Waals surface area contributed by atoms with Gasteiger partial charge >= 0.3 is 0 Å². The van der Waals surface area contributed by atoms with Gasteiger partial charge < -0.3 is 19.4 Å². The third kappa shape index (κ3) is 9.41. The van der Waals surface area contributed by atoms with E-state index in [-0.39, 0.29) is 39.6 Å². The molecule has 62 heavy (non-hydrogen) atoms. The lowest BCUT2D eigenvalue weighted by Crippen LogP contribution is -2.37. The number of allylic oxidation sites excluding steroid dienone is 1. The van der Waals surface area contributed by atoms with Crippen LogP contribution in [0.15, 0.2) is 95.7 Å². The fourth-order valence-electron chi connectivity index (χ4n) is 8.60. The summed E-state index contributed by atoms with van der Waals surface area (Å²) in [6, 6.07) is 18.0. The third-order valence-electron chi connectivity index (χ3n) is 12.2. The molecule has 324 valence electrons. The van der Waals surface area contributed by atoms with Gasteiger partial charge in [0.15, 0.2) is 0 Å². The zero-order valence-electron chi connectivity index (χ0n) is 34.7. The molecule has 8 rings (SSSR count). The highest BCUT2D eigenvalue weighted by Gasteiger charge is 2.31. The van der Waals surface area contributed by atoms with Crippen LogP contribution >= 0.6 is 11.6 Å². The zero-order valence-corrected chi connectivity index (χ0v) is 36.3. The van der Waals surface area contributed by atoms with Gasteiger partial charge in [0.1, 0.15) is 28.7 Å². The lowest BCUT2D eigenvalue weighted by Gasteiger charge is -2.36. The first-order valence-corrected chi connectivity index (χ1v) is 22.5. The Bertz CT molecular complexity index is 2710. The molecule has 0 radical (unpaired) electrons. The van der Waals surface area contributed by atoms with Gasteiger partial charge in [0.05, 0.1) is 27.0 Å². The number of benzene rings is 3. The molecule has 1 saturated heterocycles. The number of aromatic amines is 1. The van der Waals surface area contributed by atoms with Gasteiger partial charge in [-0.15, -0.1) is 0 Å². The molecule has 0 atom stereocenters. The van der Waals surface area contributed by atoms with Gasteiger partial charge in [-0.3, -0.25) is 19.8 Å². The summed E-state index contributed by atoms with van der Waals surface area (Å²) in [6.07, 6.45) is 9.85. The van der Waals surface area contributed by atoms with Crippen molar-refractivity contribution < 1.29 is 32.0 Å². The Morgan fingerprint density at radius 1 is 1.10 bits per heavy atom. The average molecular weight is 883 g/mol. The van der Waals surface area contributed by atoms with E-state index in [4.69, 9.17) is 21.1 Å². The normalized spacial score (nSPS) is 17.5. The number of carbonyl (C=O) groups is 1. The Morgan fingerprint density at radius 3 is 2.58 bits per heavy atom. The lowest BCUT2D eigenvalue weighted by molar-refractivity contribution is -0.384. The minimum Gasteiger partial charge on any atom is -0.455 e. The minimum absolute atomic E-state index is 0.0117. The van der Waals surface area contributed by atoms with E-state index in [0.29, 0.717) is 49.7 Å². The molecular weight excluding hydrogens is 835 g/mol. The quantitative estimate of drug-likeness (QED) is 0.0913. The third-order valence-corrected chi connectivity index (χ3v) is 13.7. The van der Waals surface area contributed by atoms with E-state index in [1.54, 1.807) is 24.1 Å². The van der Waals surface area contributed by atoms with E-state index in [2.05, 4.69) is 51.6 Å². The van der Waals surface area contributed by atoms with Crippen LogP contribution in [0.3, 0.4) is 0 Å². The number of nitrogens with zero attached hydrogens (tertiary/aromatic N) is 4. The van der Waals surface area contributed by atoms with Crippen LogP contribution in [0.1, 0.15) is 73.9 Å². The maximum atomic E-state index is 14.6. The second kappa shape index (κ2) is 17.6. The molecule has 1 aliphatic carbocycles. The summed E-state index contributed by atoms with van der Waals surface area (Å²) in [5, 5.41) is 13.1. The molecule has 4 heterocycles. The number of nitro benzene ring substituents is 1. The molecule has 0 unspecified atom stereocenters. The standard InChI is InChI=1S/C46H48ClFN6O7S/c1-46(2)17-12-32(39(25-46)30-4-7-33(47)8-5-30)28-53-18-13-29(14-19-53)31-6-10-37(43(22-31)61-35-23-38-40(48)27-50-44(38)49-26-35)45(55)51-62(58,59)36-9-11-41(42(24-36)54(56)57)52(3)34-15-20-60-21-16-34/h4-11,13,22-24,26-27,34H,12,14-21,25,28H2,1-3H3,(H,49,50)(H,51,55). The molecule has 0 bridgehead atoms. The summed E-state index contributed by atoms with van der Waals surface area (Å²) in [7, 11) is -2.89. The summed E-state index contributed by atoms with van der Waals surface area (Å²) in [5.41, 5.74) is 6.02. The van der Waals surface area contributed by atoms with Crippen molar-refractivity contribution in [3.8, 4) is 11.5 Å². The molecule has 3 aliphatic rings. The number of rotatable bonds is 12. The topological polar surface area (TPSA) is 160 Å². The van der Waals surface area contributed by atoms with Crippen LogP contribution in [-0.2, 0) is 14.8 Å². The fraction of sp³-hybridized carbons (Fsp3) is 0.348. The Kier molecular flexibility index (Phi) is 12.2. The van der Waals surface area contributed by atoms with Gasteiger partial charge in [0, 0.05) is 63.2 Å². The number of carbonyl (C=O) groups excluding carboxylic acids is 1.